The Morgan fingerprint density at radius 2 is 1.83 bits per heavy atom. The average Bonchev–Trinajstić information content (AvgIpc) is 3.17. The Balaban J connectivity index is 1.63. The van der Waals surface area contributed by atoms with Crippen LogP contribution < -0.4 is 16.1 Å². The second-order valence-electron chi connectivity index (χ2n) is 7.74. The third-order valence-corrected chi connectivity index (χ3v) is 6.21. The van der Waals surface area contributed by atoms with Crippen LogP contribution in [0.1, 0.15) is 37.4 Å². The topological polar surface area (TPSA) is 110 Å². The van der Waals surface area contributed by atoms with Crippen molar-refractivity contribution in [3.8, 4) is 0 Å². The van der Waals surface area contributed by atoms with Gasteiger partial charge in [0.15, 0.2) is 5.82 Å². The fourth-order valence-corrected chi connectivity index (χ4v) is 4.15. The van der Waals surface area contributed by atoms with E-state index in [0.29, 0.717) is 49.3 Å². The van der Waals surface area contributed by atoms with Crippen LogP contribution in [0.4, 0.5) is 11.5 Å². The Bertz CT molecular complexity index is 1420. The van der Waals surface area contributed by atoms with Gasteiger partial charge in [0.05, 0.1) is 12.7 Å². The molecule has 0 spiro atoms. The summed E-state index contributed by atoms with van der Waals surface area (Å²) in [5.41, 5.74) is 6.66. The van der Waals surface area contributed by atoms with Crippen LogP contribution in [0.2, 0.25) is 10.0 Å². The van der Waals surface area contributed by atoms with Crippen LogP contribution in [-0.2, 0) is 11.4 Å². The Kier molecular flexibility index (Phi) is 7.20. The summed E-state index contributed by atoms with van der Waals surface area (Å²) in [7, 11) is 1.37. The number of nitrogens with one attached hydrogen (secondary N) is 3. The Hall–Kier alpha value is -3.66. The van der Waals surface area contributed by atoms with Crippen LogP contribution in [0, 0.1) is 13.8 Å². The molecule has 0 aliphatic rings. The molecule has 0 radical (unpaired) electrons. The summed E-state index contributed by atoms with van der Waals surface area (Å²) in [4.78, 5) is 34.2. The Morgan fingerprint density at radius 3 is 2.54 bits per heavy atom. The number of hydrogen-bond donors (Lipinski definition) is 3. The minimum atomic E-state index is -0.375. The van der Waals surface area contributed by atoms with E-state index in [1.807, 2.05) is 19.9 Å². The van der Waals surface area contributed by atoms with Crippen LogP contribution in [0.5, 0.6) is 0 Å². The number of anilines is 2. The van der Waals surface area contributed by atoms with Crippen LogP contribution >= 0.6 is 23.2 Å². The minimum absolute atomic E-state index is 0.176. The largest absolute Gasteiger partial charge is 0.348 e. The maximum Gasteiger partial charge on any atom is 0.274 e. The molecule has 2 amide bonds. The average molecular weight is 513 g/mol. The molecule has 0 bridgehead atoms. The lowest BCUT2D eigenvalue weighted by Gasteiger charge is -2.12. The zero-order valence-corrected chi connectivity index (χ0v) is 20.7. The summed E-state index contributed by atoms with van der Waals surface area (Å²) in [6.45, 7) is 3.90. The molecule has 11 heteroatoms. The highest BCUT2D eigenvalue weighted by Gasteiger charge is 2.19. The number of rotatable bonds is 7. The Morgan fingerprint density at radius 1 is 1.09 bits per heavy atom. The standard InChI is InChI=1S/C24H22Cl2N6O3/c1-13-7-8-15(23(33)31-35-3)9-20(13)30-22-21-14(2)17(11-32(21)29-12-28-22)24(34)27-10-16-18(25)5-4-6-19(16)26/h4-9,11-12H,10H2,1-3H3,(H,27,34)(H,31,33)(H,28,29,30). The van der Waals surface area contributed by atoms with Crippen LogP contribution in [0.3, 0.4) is 0 Å². The number of hydroxylamine groups is 1. The molecule has 0 fully saturated rings. The van der Waals surface area contributed by atoms with Gasteiger partial charge in [0.1, 0.15) is 11.8 Å². The van der Waals surface area contributed by atoms with Gasteiger partial charge in [-0.2, -0.15) is 5.10 Å². The van der Waals surface area contributed by atoms with E-state index in [1.165, 1.54) is 13.4 Å². The SMILES string of the molecule is CONC(=O)c1ccc(C)c(Nc2ncnn3cc(C(=O)NCc4c(Cl)cccc4Cl)c(C)c23)c1. The highest BCUT2D eigenvalue weighted by Crippen LogP contribution is 2.28. The first-order valence-electron chi connectivity index (χ1n) is 10.5. The van der Waals surface area contributed by atoms with E-state index < -0.39 is 0 Å². The van der Waals surface area contributed by atoms with Crippen molar-refractivity contribution in [3.05, 3.63) is 86.8 Å². The Labute approximate surface area is 211 Å². The van der Waals surface area contributed by atoms with Gasteiger partial charge in [-0.25, -0.2) is 15.0 Å². The van der Waals surface area contributed by atoms with Crippen LogP contribution in [-0.4, -0.2) is 33.5 Å². The van der Waals surface area contributed by atoms with E-state index in [2.05, 4.69) is 26.2 Å². The third kappa shape index (κ3) is 5.07. The molecule has 2 heterocycles. The van der Waals surface area contributed by atoms with Crippen molar-refractivity contribution in [1.29, 1.82) is 0 Å². The van der Waals surface area contributed by atoms with Crippen molar-refractivity contribution >= 4 is 52.0 Å². The number of amides is 2. The number of halogens is 2. The number of fused-ring (bicyclic) bond motifs is 1. The van der Waals surface area contributed by atoms with Crippen molar-refractivity contribution < 1.29 is 14.4 Å². The van der Waals surface area contributed by atoms with Gasteiger partial charge in [0.25, 0.3) is 11.8 Å². The zero-order valence-electron chi connectivity index (χ0n) is 19.1. The van der Waals surface area contributed by atoms with Gasteiger partial charge in [-0.05, 0) is 49.2 Å². The smallest absolute Gasteiger partial charge is 0.274 e. The molecule has 4 rings (SSSR count). The molecule has 0 saturated heterocycles. The summed E-state index contributed by atoms with van der Waals surface area (Å²) in [5.74, 6) is -0.192. The first-order valence-corrected chi connectivity index (χ1v) is 11.3. The van der Waals surface area contributed by atoms with Crippen molar-refractivity contribution in [2.24, 2.45) is 0 Å². The molecule has 35 heavy (non-hydrogen) atoms. The van der Waals surface area contributed by atoms with E-state index in [-0.39, 0.29) is 18.4 Å². The molecule has 4 aromatic rings. The van der Waals surface area contributed by atoms with Gasteiger partial charge in [-0.15, -0.1) is 0 Å². The summed E-state index contributed by atoms with van der Waals surface area (Å²) in [6.07, 6.45) is 3.02. The molecular weight excluding hydrogens is 491 g/mol. The highest BCUT2D eigenvalue weighted by molar-refractivity contribution is 6.36. The van der Waals surface area contributed by atoms with Crippen molar-refractivity contribution in [1.82, 2.24) is 25.4 Å². The molecule has 0 unspecified atom stereocenters. The summed E-state index contributed by atoms with van der Waals surface area (Å²) < 4.78 is 1.58. The van der Waals surface area contributed by atoms with Crippen molar-refractivity contribution in [2.75, 3.05) is 12.4 Å². The van der Waals surface area contributed by atoms with Gasteiger partial charge < -0.3 is 10.6 Å². The highest BCUT2D eigenvalue weighted by atomic mass is 35.5. The molecule has 0 saturated carbocycles. The van der Waals surface area contributed by atoms with Crippen LogP contribution in [0.15, 0.2) is 48.9 Å². The third-order valence-electron chi connectivity index (χ3n) is 5.51. The number of aromatic nitrogens is 3. The van der Waals surface area contributed by atoms with Crippen molar-refractivity contribution in [2.45, 2.75) is 20.4 Å². The van der Waals surface area contributed by atoms with E-state index >= 15 is 0 Å². The second-order valence-corrected chi connectivity index (χ2v) is 8.56. The number of benzene rings is 2. The summed E-state index contributed by atoms with van der Waals surface area (Å²) >= 11 is 12.4. The molecule has 0 atom stereocenters. The van der Waals surface area contributed by atoms with Gasteiger partial charge in [-0.3, -0.25) is 14.4 Å². The number of carbonyl (C=O) groups excluding carboxylic acids is 2. The molecule has 2 aromatic carbocycles. The lowest BCUT2D eigenvalue weighted by Crippen LogP contribution is -2.23. The molecule has 3 N–H and O–H groups in total. The first-order chi connectivity index (χ1) is 16.8. The zero-order chi connectivity index (χ0) is 25.1. The van der Waals surface area contributed by atoms with E-state index in [4.69, 9.17) is 28.0 Å². The molecule has 9 nitrogen and oxygen atoms in total. The van der Waals surface area contributed by atoms with Crippen LogP contribution in [0.25, 0.3) is 5.52 Å². The van der Waals surface area contributed by atoms with Crippen molar-refractivity contribution in [3.63, 3.8) is 0 Å². The lowest BCUT2D eigenvalue weighted by molar-refractivity contribution is 0.0537. The number of hydrogen-bond acceptors (Lipinski definition) is 6. The van der Waals surface area contributed by atoms with E-state index in [0.717, 1.165) is 5.56 Å². The maximum atomic E-state index is 13.0. The lowest BCUT2D eigenvalue weighted by atomic mass is 10.1. The predicted molar refractivity (Wildman–Crippen MR) is 134 cm³/mol. The number of aryl methyl sites for hydroxylation is 2. The molecule has 2 aromatic heterocycles. The van der Waals surface area contributed by atoms with E-state index in [9.17, 15) is 9.59 Å². The number of nitrogens with zero attached hydrogens (tertiary/aromatic N) is 3. The minimum Gasteiger partial charge on any atom is -0.348 e. The molecule has 180 valence electrons. The monoisotopic (exact) mass is 512 g/mol. The molecule has 0 aliphatic heterocycles. The van der Waals surface area contributed by atoms with Gasteiger partial charge in [0, 0.05) is 39.6 Å². The molecular formula is C24H22Cl2N6O3. The van der Waals surface area contributed by atoms with Gasteiger partial charge >= 0.3 is 0 Å². The quantitative estimate of drug-likeness (QED) is 0.311. The van der Waals surface area contributed by atoms with E-state index in [1.54, 1.807) is 41.0 Å². The normalized spacial score (nSPS) is 10.9. The fourth-order valence-electron chi connectivity index (χ4n) is 3.62. The molecule has 0 aliphatic carbocycles. The van der Waals surface area contributed by atoms with Gasteiger partial charge in [0.2, 0.25) is 0 Å². The second kappa shape index (κ2) is 10.3. The first kappa shape index (κ1) is 24.5. The summed E-state index contributed by atoms with van der Waals surface area (Å²) in [6, 6.07) is 10.4. The number of carbonyl (C=O) groups is 2. The maximum absolute atomic E-state index is 13.0. The predicted octanol–water partition coefficient (Wildman–Crippen LogP) is 4.62. The summed E-state index contributed by atoms with van der Waals surface area (Å²) in [5, 5.41) is 11.3. The fraction of sp³-hybridized carbons (Fsp3) is 0.167. The van der Waals surface area contributed by atoms with Gasteiger partial charge in [-0.1, -0.05) is 35.3 Å².